The van der Waals surface area contributed by atoms with Gasteiger partial charge in [0.2, 0.25) is 15.9 Å². The Hall–Kier alpha value is -1.60. The molecule has 1 amide bonds. The number of anilines is 1. The van der Waals surface area contributed by atoms with E-state index in [0.29, 0.717) is 0 Å². The number of nitrogens with one attached hydrogen (secondary N) is 3. The molecule has 0 fully saturated rings. The third kappa shape index (κ3) is 4.34. The van der Waals surface area contributed by atoms with Crippen molar-refractivity contribution in [3.05, 3.63) is 24.3 Å². The Morgan fingerprint density at radius 3 is 2.28 bits per heavy atom. The molecule has 0 saturated carbocycles. The van der Waals surface area contributed by atoms with Crippen LogP contribution in [0.15, 0.2) is 29.2 Å². The Bertz CT molecular complexity index is 497. The summed E-state index contributed by atoms with van der Waals surface area (Å²) in [6, 6.07) is 6.41. The molecule has 1 aromatic carbocycles. The zero-order valence-corrected chi connectivity index (χ0v) is 11.2. The Morgan fingerprint density at radius 2 is 1.78 bits per heavy atom. The fraction of sp³-hybridized carbons (Fsp3) is 0.364. The molecule has 0 radical (unpaired) electrons. The van der Waals surface area contributed by atoms with Crippen molar-refractivity contribution in [2.24, 2.45) is 0 Å². The van der Waals surface area contributed by atoms with Crippen molar-refractivity contribution in [3.8, 4) is 0 Å². The molecule has 1 rings (SSSR count). The van der Waals surface area contributed by atoms with Gasteiger partial charge in [-0.25, -0.2) is 13.1 Å². The van der Waals surface area contributed by atoms with E-state index in [0.717, 1.165) is 5.69 Å². The van der Waals surface area contributed by atoms with Crippen LogP contribution in [0.1, 0.15) is 6.92 Å². The molecule has 0 aromatic heterocycles. The maximum Gasteiger partial charge on any atom is 0.240 e. The fourth-order valence-electron chi connectivity index (χ4n) is 1.31. The van der Waals surface area contributed by atoms with Crippen LogP contribution >= 0.6 is 0 Å². The van der Waals surface area contributed by atoms with Gasteiger partial charge < -0.3 is 10.6 Å². The van der Waals surface area contributed by atoms with Gasteiger partial charge in [0.15, 0.2) is 0 Å². The van der Waals surface area contributed by atoms with Gasteiger partial charge in [-0.2, -0.15) is 0 Å². The van der Waals surface area contributed by atoms with E-state index < -0.39 is 10.0 Å². The van der Waals surface area contributed by atoms with Gasteiger partial charge in [-0.1, -0.05) is 0 Å². The summed E-state index contributed by atoms with van der Waals surface area (Å²) in [7, 11) is -1.75. The molecule has 0 saturated heterocycles. The lowest BCUT2D eigenvalue weighted by Crippen LogP contribution is -2.33. The molecule has 0 unspecified atom stereocenters. The molecule has 0 atom stereocenters. The molecular formula is C11H17N3O3S. The number of hydrogen-bond acceptors (Lipinski definition) is 4. The van der Waals surface area contributed by atoms with E-state index in [1.807, 2.05) is 0 Å². The molecular weight excluding hydrogens is 254 g/mol. The number of carbonyl (C=O) groups is 1. The maximum atomic E-state index is 11.8. The van der Waals surface area contributed by atoms with E-state index in [2.05, 4.69) is 15.4 Å². The molecule has 100 valence electrons. The largest absolute Gasteiger partial charge is 0.388 e. The molecule has 0 aliphatic heterocycles. The van der Waals surface area contributed by atoms with E-state index >= 15 is 0 Å². The monoisotopic (exact) mass is 271 g/mol. The smallest absolute Gasteiger partial charge is 0.240 e. The Balaban J connectivity index is 2.59. The van der Waals surface area contributed by atoms with E-state index in [9.17, 15) is 13.2 Å². The molecule has 0 bridgehead atoms. The third-order valence-corrected chi connectivity index (χ3v) is 3.72. The summed E-state index contributed by atoms with van der Waals surface area (Å²) in [5.41, 5.74) is 0.840. The summed E-state index contributed by atoms with van der Waals surface area (Å²) in [6.07, 6.45) is 0. The lowest BCUT2D eigenvalue weighted by atomic mass is 10.3. The minimum absolute atomic E-state index is 0.162. The quantitative estimate of drug-likeness (QED) is 0.642. The second kappa shape index (κ2) is 6.36. The highest BCUT2D eigenvalue weighted by molar-refractivity contribution is 7.89. The van der Waals surface area contributed by atoms with Crippen LogP contribution < -0.4 is 15.4 Å². The van der Waals surface area contributed by atoms with Crippen molar-refractivity contribution in [1.29, 1.82) is 0 Å². The Kier molecular flexibility index (Phi) is 5.11. The average molecular weight is 271 g/mol. The minimum atomic E-state index is -3.51. The van der Waals surface area contributed by atoms with Gasteiger partial charge in [0.05, 0.1) is 4.90 Å². The zero-order valence-electron chi connectivity index (χ0n) is 10.4. The first kappa shape index (κ1) is 14.5. The first-order valence-corrected chi connectivity index (χ1v) is 6.96. The van der Waals surface area contributed by atoms with Crippen LogP contribution in [0.25, 0.3) is 0 Å². The third-order valence-electron chi connectivity index (χ3n) is 2.24. The highest BCUT2D eigenvalue weighted by Gasteiger charge is 2.12. The van der Waals surface area contributed by atoms with Crippen LogP contribution in [0, 0.1) is 0 Å². The maximum absolute atomic E-state index is 11.8. The molecule has 0 aliphatic carbocycles. The van der Waals surface area contributed by atoms with Crippen molar-refractivity contribution in [2.75, 3.05) is 25.5 Å². The van der Waals surface area contributed by atoms with Gasteiger partial charge in [0, 0.05) is 32.7 Å². The highest BCUT2D eigenvalue weighted by atomic mass is 32.2. The van der Waals surface area contributed by atoms with Crippen molar-refractivity contribution in [3.63, 3.8) is 0 Å². The van der Waals surface area contributed by atoms with Gasteiger partial charge in [0.25, 0.3) is 0 Å². The summed E-state index contributed by atoms with van der Waals surface area (Å²) in [5.74, 6) is -0.187. The number of sulfonamides is 1. The fourth-order valence-corrected chi connectivity index (χ4v) is 2.34. The molecule has 0 aliphatic rings. The molecule has 18 heavy (non-hydrogen) atoms. The summed E-state index contributed by atoms with van der Waals surface area (Å²) in [4.78, 5) is 10.8. The Labute approximate surface area is 107 Å². The average Bonchev–Trinajstić information content (AvgIpc) is 2.34. The molecule has 3 N–H and O–H groups in total. The van der Waals surface area contributed by atoms with Crippen LogP contribution in [0.4, 0.5) is 5.69 Å². The van der Waals surface area contributed by atoms with Crippen LogP contribution in [0.2, 0.25) is 0 Å². The molecule has 7 heteroatoms. The Morgan fingerprint density at radius 1 is 1.17 bits per heavy atom. The lowest BCUT2D eigenvalue weighted by Gasteiger charge is -2.07. The summed E-state index contributed by atoms with van der Waals surface area (Å²) in [6.45, 7) is 1.81. The minimum Gasteiger partial charge on any atom is -0.388 e. The van der Waals surface area contributed by atoms with E-state index in [1.54, 1.807) is 19.2 Å². The predicted molar refractivity (Wildman–Crippen MR) is 69.9 cm³/mol. The second-order valence-corrected chi connectivity index (χ2v) is 5.42. The standard InChI is InChI=1S/C11H17N3O3S/c1-9(15)13-7-8-14-18(16,17)11-5-3-10(12-2)4-6-11/h3-6,12,14H,7-8H2,1-2H3,(H,13,15). The zero-order chi connectivity index (χ0) is 13.6. The highest BCUT2D eigenvalue weighted by Crippen LogP contribution is 2.12. The van der Waals surface area contributed by atoms with Crippen LogP contribution in [-0.2, 0) is 14.8 Å². The normalized spacial score (nSPS) is 11.0. The topological polar surface area (TPSA) is 87.3 Å². The van der Waals surface area contributed by atoms with Gasteiger partial charge >= 0.3 is 0 Å². The number of rotatable bonds is 6. The van der Waals surface area contributed by atoms with Gasteiger partial charge in [0.1, 0.15) is 0 Å². The number of carbonyl (C=O) groups excluding carboxylic acids is 1. The lowest BCUT2D eigenvalue weighted by molar-refractivity contribution is -0.118. The molecule has 6 nitrogen and oxygen atoms in total. The van der Waals surface area contributed by atoms with E-state index in [-0.39, 0.29) is 23.9 Å². The molecule has 0 heterocycles. The first-order chi connectivity index (χ1) is 8.45. The van der Waals surface area contributed by atoms with Crippen LogP contribution in [0.5, 0.6) is 0 Å². The SMILES string of the molecule is CNc1ccc(S(=O)(=O)NCCNC(C)=O)cc1. The van der Waals surface area contributed by atoms with Crippen molar-refractivity contribution in [2.45, 2.75) is 11.8 Å². The second-order valence-electron chi connectivity index (χ2n) is 3.66. The number of amides is 1. The number of benzene rings is 1. The van der Waals surface area contributed by atoms with E-state index in [4.69, 9.17) is 0 Å². The first-order valence-electron chi connectivity index (χ1n) is 5.47. The molecule has 0 spiro atoms. The number of hydrogen-bond donors (Lipinski definition) is 3. The van der Waals surface area contributed by atoms with Gasteiger partial charge in [-0.15, -0.1) is 0 Å². The summed E-state index contributed by atoms with van der Waals surface area (Å²) < 4.78 is 26.1. The van der Waals surface area contributed by atoms with E-state index in [1.165, 1.54) is 19.1 Å². The van der Waals surface area contributed by atoms with Crippen molar-refractivity contribution < 1.29 is 13.2 Å². The van der Waals surface area contributed by atoms with Crippen molar-refractivity contribution >= 4 is 21.6 Å². The summed E-state index contributed by atoms with van der Waals surface area (Å²) in [5, 5.41) is 5.42. The van der Waals surface area contributed by atoms with Crippen LogP contribution in [0.3, 0.4) is 0 Å². The van der Waals surface area contributed by atoms with Crippen molar-refractivity contribution in [1.82, 2.24) is 10.0 Å². The predicted octanol–water partition coefficient (Wildman–Crippen LogP) is 0.143. The van der Waals surface area contributed by atoms with Crippen LogP contribution in [-0.4, -0.2) is 34.5 Å². The van der Waals surface area contributed by atoms with Gasteiger partial charge in [-0.3, -0.25) is 4.79 Å². The summed E-state index contributed by atoms with van der Waals surface area (Å²) >= 11 is 0. The van der Waals surface area contributed by atoms with Gasteiger partial charge in [-0.05, 0) is 24.3 Å². The molecule has 1 aromatic rings.